The fourth-order valence-corrected chi connectivity index (χ4v) is 11.6. The highest BCUT2D eigenvalue weighted by atomic mass is 15.0. The lowest BCUT2D eigenvalue weighted by Crippen LogP contribution is -2.16. The van der Waals surface area contributed by atoms with Gasteiger partial charge in [-0.25, -0.2) is 0 Å². The highest BCUT2D eigenvalue weighted by Gasteiger charge is 2.40. The van der Waals surface area contributed by atoms with Crippen LogP contribution in [0.5, 0.6) is 0 Å². The third kappa shape index (κ3) is 5.83. The number of fused-ring (bicyclic) bond motifs is 14. The van der Waals surface area contributed by atoms with Crippen LogP contribution in [-0.4, -0.2) is 29.1 Å². The summed E-state index contributed by atoms with van der Waals surface area (Å²) in [5.74, 6) is 0. The zero-order valence-electron chi connectivity index (χ0n) is 38.3. The van der Waals surface area contributed by atoms with E-state index in [4.69, 9.17) is 9.97 Å². The number of nitrogens with zero attached hydrogens (tertiary/aromatic N) is 6. The Morgan fingerprint density at radius 3 is 1.43 bits per heavy atom. The number of hydrogen-bond donors (Lipinski definition) is 0. The Morgan fingerprint density at radius 2 is 0.882 bits per heavy atom. The second kappa shape index (κ2) is 15.0. The summed E-state index contributed by atoms with van der Waals surface area (Å²) in [5, 5.41) is 2.39. The fraction of sp³-hybridized carbons (Fsp3) is 0.0968. The van der Waals surface area contributed by atoms with Crippen molar-refractivity contribution in [1.82, 2.24) is 29.1 Å². The zero-order valence-corrected chi connectivity index (χ0v) is 38.3. The van der Waals surface area contributed by atoms with E-state index in [9.17, 15) is 0 Å². The quantitative estimate of drug-likeness (QED) is 0.177. The molecule has 0 amide bonds. The van der Waals surface area contributed by atoms with Gasteiger partial charge in [-0.15, -0.1) is 0 Å². The summed E-state index contributed by atoms with van der Waals surface area (Å²) in [6, 6.07) is 62.7. The predicted molar refractivity (Wildman–Crippen MR) is 279 cm³/mol. The Morgan fingerprint density at radius 1 is 0.382 bits per heavy atom. The van der Waals surface area contributed by atoms with Gasteiger partial charge in [-0.05, 0) is 129 Å². The Hall–Kier alpha value is -8.48. The van der Waals surface area contributed by atoms with Crippen molar-refractivity contribution >= 4 is 43.9 Å². The topological polar surface area (TPSA) is 61.4 Å². The molecule has 6 nitrogen and oxygen atoms in total. The van der Waals surface area contributed by atoms with Gasteiger partial charge in [-0.3, -0.25) is 19.9 Å². The summed E-state index contributed by atoms with van der Waals surface area (Å²) in [6.07, 6.45) is 9.37. The number of pyridine rings is 4. The molecule has 0 aliphatic heterocycles. The van der Waals surface area contributed by atoms with E-state index in [0.29, 0.717) is 0 Å². The van der Waals surface area contributed by atoms with Crippen molar-refractivity contribution in [2.75, 3.05) is 0 Å². The Kier molecular flexibility index (Phi) is 8.80. The van der Waals surface area contributed by atoms with Crippen molar-refractivity contribution < 1.29 is 0 Å². The molecular weight excluding hydrogens is 829 g/mol. The van der Waals surface area contributed by atoms with Crippen LogP contribution >= 0.6 is 0 Å². The minimum absolute atomic E-state index is 0.113. The molecular formula is C62H46N6. The van der Waals surface area contributed by atoms with E-state index in [1.165, 1.54) is 66.3 Å². The van der Waals surface area contributed by atoms with Crippen molar-refractivity contribution in [3.8, 4) is 56.0 Å². The monoisotopic (exact) mass is 874 g/mol. The average Bonchev–Trinajstić information content (AvgIpc) is 4.06. The largest absolute Gasteiger partial charge is 0.307 e. The first-order chi connectivity index (χ1) is 33.3. The van der Waals surface area contributed by atoms with E-state index < -0.39 is 0 Å². The van der Waals surface area contributed by atoms with Gasteiger partial charge in [0.05, 0.1) is 38.8 Å². The highest BCUT2D eigenvalue weighted by Crippen LogP contribution is 2.54. The summed E-state index contributed by atoms with van der Waals surface area (Å²) in [5.41, 5.74) is 24.0. The predicted octanol–water partition coefficient (Wildman–Crippen LogP) is 15.1. The van der Waals surface area contributed by atoms with Crippen molar-refractivity contribution in [2.45, 2.75) is 38.5 Å². The molecule has 0 spiro atoms. The third-order valence-corrected chi connectivity index (χ3v) is 14.6. The molecule has 12 aromatic rings. The smallest absolute Gasteiger partial charge is 0.0963 e. The minimum Gasteiger partial charge on any atom is -0.307 e. The van der Waals surface area contributed by atoms with Gasteiger partial charge in [-0.2, -0.15) is 0 Å². The molecule has 6 aromatic heterocycles. The van der Waals surface area contributed by atoms with Crippen molar-refractivity contribution in [2.24, 2.45) is 0 Å². The van der Waals surface area contributed by atoms with Crippen LogP contribution in [0.15, 0.2) is 207 Å². The van der Waals surface area contributed by atoms with Crippen LogP contribution in [0.3, 0.4) is 0 Å². The molecule has 14 rings (SSSR count). The van der Waals surface area contributed by atoms with Crippen LogP contribution in [0.1, 0.15) is 49.9 Å². The molecule has 68 heavy (non-hydrogen) atoms. The first kappa shape index (κ1) is 39.8. The maximum absolute atomic E-state index is 4.83. The standard InChI is InChI=1S/2C31H23N3/c1-31(2)26-12-4-3-11-23(26)24-14-15-25-29-27(13-7-17-33-29)34(30(25)28(24)31)22-10-5-8-20(18-22)21-9-6-16-32-19-21;1-31(2)25-12-4-3-11-22(25)23-15-16-24-29-27(14-8-18-33-29)34(30(24)28(23)31)21-10-7-9-20(19-21)26-13-5-6-17-32-26/h2*3-19H,1-2H3. The van der Waals surface area contributed by atoms with E-state index in [1.807, 2.05) is 61.3 Å². The third-order valence-electron chi connectivity index (χ3n) is 14.6. The molecule has 0 saturated heterocycles. The van der Waals surface area contributed by atoms with Gasteiger partial charge in [0.1, 0.15) is 0 Å². The van der Waals surface area contributed by atoms with Crippen LogP contribution in [-0.2, 0) is 10.8 Å². The minimum atomic E-state index is -0.115. The normalized spacial score (nSPS) is 13.8. The van der Waals surface area contributed by atoms with E-state index in [1.54, 1.807) is 0 Å². The van der Waals surface area contributed by atoms with Crippen molar-refractivity contribution in [3.63, 3.8) is 0 Å². The SMILES string of the molecule is CC1(C)c2ccccc2-c2ccc3c4ncccc4n(-c4cccc(-c5ccccn5)c4)c3c21.CC1(C)c2ccccc2-c2ccc3c4ncccc4n(-c4cccc(-c5cccnc5)c4)c3c21. The van der Waals surface area contributed by atoms with Crippen molar-refractivity contribution in [3.05, 3.63) is 229 Å². The Labute approximate surface area is 394 Å². The van der Waals surface area contributed by atoms with Gasteiger partial charge in [0.25, 0.3) is 0 Å². The number of benzene rings is 6. The summed E-state index contributed by atoms with van der Waals surface area (Å²) in [6.45, 7) is 9.38. The van der Waals surface area contributed by atoms with Gasteiger partial charge in [-0.1, -0.05) is 125 Å². The van der Waals surface area contributed by atoms with E-state index >= 15 is 0 Å². The zero-order chi connectivity index (χ0) is 45.7. The summed E-state index contributed by atoms with van der Waals surface area (Å²) in [4.78, 5) is 18.6. The molecule has 0 unspecified atom stereocenters. The first-order valence-corrected chi connectivity index (χ1v) is 23.4. The van der Waals surface area contributed by atoms with Gasteiger partial charge in [0.15, 0.2) is 0 Å². The number of aromatic nitrogens is 6. The molecule has 6 heteroatoms. The molecule has 0 N–H and O–H groups in total. The number of rotatable bonds is 4. The second-order valence-corrected chi connectivity index (χ2v) is 19.1. The van der Waals surface area contributed by atoms with Crippen LogP contribution in [0.25, 0.3) is 99.9 Å². The average molecular weight is 875 g/mol. The molecule has 2 aliphatic rings. The molecule has 324 valence electrons. The maximum atomic E-state index is 4.83. The van der Waals surface area contributed by atoms with E-state index in [2.05, 4.69) is 192 Å². The summed E-state index contributed by atoms with van der Waals surface area (Å²) < 4.78 is 4.81. The lowest BCUT2D eigenvalue weighted by atomic mass is 9.81. The van der Waals surface area contributed by atoms with E-state index in [-0.39, 0.29) is 10.8 Å². The van der Waals surface area contributed by atoms with Crippen LogP contribution in [0.4, 0.5) is 0 Å². The Balaban J connectivity index is 0.000000134. The molecule has 0 atom stereocenters. The van der Waals surface area contributed by atoms with E-state index in [0.717, 1.165) is 55.8 Å². The van der Waals surface area contributed by atoms with Gasteiger partial charge < -0.3 is 9.13 Å². The van der Waals surface area contributed by atoms with Crippen LogP contribution in [0, 0.1) is 0 Å². The van der Waals surface area contributed by atoms with Gasteiger partial charge in [0.2, 0.25) is 0 Å². The Bertz CT molecular complexity index is 3710. The van der Waals surface area contributed by atoms with Gasteiger partial charge in [0, 0.05) is 75.1 Å². The molecule has 2 aliphatic carbocycles. The second-order valence-electron chi connectivity index (χ2n) is 19.1. The molecule has 0 bridgehead atoms. The fourth-order valence-electron chi connectivity index (χ4n) is 11.6. The highest BCUT2D eigenvalue weighted by molar-refractivity contribution is 6.12. The maximum Gasteiger partial charge on any atom is 0.0963 e. The lowest BCUT2D eigenvalue weighted by Gasteiger charge is -2.23. The van der Waals surface area contributed by atoms with Gasteiger partial charge >= 0.3 is 0 Å². The van der Waals surface area contributed by atoms with Crippen LogP contribution < -0.4 is 0 Å². The number of hydrogen-bond acceptors (Lipinski definition) is 4. The van der Waals surface area contributed by atoms with Crippen LogP contribution in [0.2, 0.25) is 0 Å². The lowest BCUT2D eigenvalue weighted by molar-refractivity contribution is 0.663. The molecule has 0 saturated carbocycles. The molecule has 0 fully saturated rings. The van der Waals surface area contributed by atoms with Crippen molar-refractivity contribution in [1.29, 1.82) is 0 Å². The molecule has 6 heterocycles. The first-order valence-electron chi connectivity index (χ1n) is 23.4. The molecule has 6 aromatic carbocycles. The molecule has 0 radical (unpaired) electrons. The summed E-state index contributed by atoms with van der Waals surface area (Å²) >= 11 is 0. The summed E-state index contributed by atoms with van der Waals surface area (Å²) in [7, 11) is 0.